The minimum atomic E-state index is -3.57. The first-order valence-corrected chi connectivity index (χ1v) is 6.72. The van der Waals surface area contributed by atoms with Crippen LogP contribution >= 0.6 is 0 Å². The molecule has 8 heteroatoms. The lowest BCUT2D eigenvalue weighted by molar-refractivity contribution is -0.142. The molecule has 0 aliphatic heterocycles. The van der Waals surface area contributed by atoms with Gasteiger partial charge in [0.25, 0.3) is 10.0 Å². The number of carbonyl (C=O) groups is 1. The average molecular weight is 276 g/mol. The number of hydrogen-bond acceptors (Lipinski definition) is 6. The van der Waals surface area contributed by atoms with Gasteiger partial charge in [-0.3, -0.25) is 10.1 Å². The summed E-state index contributed by atoms with van der Waals surface area (Å²) in [5, 5.41) is 2.69. The third-order valence-electron chi connectivity index (χ3n) is 2.31. The van der Waals surface area contributed by atoms with Crippen molar-refractivity contribution in [2.45, 2.75) is 24.6 Å². The molecule has 0 spiro atoms. The predicted octanol–water partition coefficient (Wildman–Crippen LogP) is -0.161. The van der Waals surface area contributed by atoms with Crippen molar-refractivity contribution in [2.75, 3.05) is 14.2 Å². The number of furan rings is 1. The molecule has 0 aliphatic carbocycles. The molecule has 18 heavy (non-hydrogen) atoms. The van der Waals surface area contributed by atoms with Crippen molar-refractivity contribution in [3.8, 4) is 0 Å². The normalized spacial score (nSPS) is 13.3. The van der Waals surface area contributed by atoms with Gasteiger partial charge in [-0.1, -0.05) is 0 Å². The Morgan fingerprint density at radius 2 is 2.17 bits per heavy atom. The van der Waals surface area contributed by atoms with Gasteiger partial charge in [-0.2, -0.15) is 0 Å². The van der Waals surface area contributed by atoms with E-state index in [9.17, 15) is 13.2 Å². The summed E-state index contributed by atoms with van der Waals surface area (Å²) in [6.07, 6.45) is 0. The zero-order chi connectivity index (χ0) is 13.8. The second kappa shape index (κ2) is 5.98. The Bertz CT molecular complexity index is 508. The van der Waals surface area contributed by atoms with Crippen molar-refractivity contribution in [3.63, 3.8) is 0 Å². The van der Waals surface area contributed by atoms with Gasteiger partial charge >= 0.3 is 5.97 Å². The number of sulfonamides is 1. The van der Waals surface area contributed by atoms with Gasteiger partial charge < -0.3 is 9.15 Å². The van der Waals surface area contributed by atoms with Gasteiger partial charge in [0.05, 0.1) is 13.7 Å². The molecule has 1 aromatic heterocycles. The topological polar surface area (TPSA) is 97.6 Å². The maximum absolute atomic E-state index is 11.4. The Hall–Kier alpha value is -1.38. The van der Waals surface area contributed by atoms with Crippen molar-refractivity contribution >= 4 is 16.0 Å². The third-order valence-corrected chi connectivity index (χ3v) is 3.59. The summed E-state index contributed by atoms with van der Waals surface area (Å²) in [6.45, 7) is 1.87. The van der Waals surface area contributed by atoms with E-state index in [-0.39, 0.29) is 11.6 Å². The Balaban J connectivity index is 2.63. The highest BCUT2D eigenvalue weighted by Gasteiger charge is 2.17. The van der Waals surface area contributed by atoms with Crippen molar-refractivity contribution in [2.24, 2.45) is 0 Å². The first kappa shape index (κ1) is 14.7. The molecule has 1 rings (SSSR count). The maximum Gasteiger partial charge on any atom is 0.322 e. The monoisotopic (exact) mass is 276 g/mol. The molecule has 0 saturated heterocycles. The van der Waals surface area contributed by atoms with Gasteiger partial charge in [0.2, 0.25) is 5.09 Å². The number of nitrogens with one attached hydrogen (secondary N) is 2. The van der Waals surface area contributed by atoms with Crippen LogP contribution < -0.4 is 10.0 Å². The lowest BCUT2D eigenvalue weighted by Crippen LogP contribution is -2.34. The van der Waals surface area contributed by atoms with Gasteiger partial charge in [-0.25, -0.2) is 13.1 Å². The quantitative estimate of drug-likeness (QED) is 0.701. The van der Waals surface area contributed by atoms with E-state index in [0.29, 0.717) is 5.76 Å². The van der Waals surface area contributed by atoms with E-state index in [1.807, 2.05) is 0 Å². The Morgan fingerprint density at radius 3 is 2.72 bits per heavy atom. The fourth-order valence-electron chi connectivity index (χ4n) is 1.21. The van der Waals surface area contributed by atoms with Crippen LogP contribution in [0.4, 0.5) is 0 Å². The number of esters is 1. The number of carbonyl (C=O) groups excluding carboxylic acids is 1. The summed E-state index contributed by atoms with van der Waals surface area (Å²) < 4.78 is 34.6. The summed E-state index contributed by atoms with van der Waals surface area (Å²) in [6, 6.07) is 2.39. The van der Waals surface area contributed by atoms with Gasteiger partial charge in [-0.05, 0) is 26.1 Å². The molecule has 0 saturated carbocycles. The summed E-state index contributed by atoms with van der Waals surface area (Å²) in [5.41, 5.74) is 0. The zero-order valence-electron chi connectivity index (χ0n) is 10.4. The minimum absolute atomic E-state index is 0.160. The number of rotatable bonds is 6. The van der Waals surface area contributed by atoms with Crippen LogP contribution in [0.15, 0.2) is 21.6 Å². The average Bonchev–Trinajstić information content (AvgIpc) is 2.84. The van der Waals surface area contributed by atoms with Gasteiger partial charge in [0.1, 0.15) is 11.8 Å². The second-order valence-electron chi connectivity index (χ2n) is 3.55. The van der Waals surface area contributed by atoms with Crippen molar-refractivity contribution < 1.29 is 22.4 Å². The SMILES string of the molecule is CNS(=O)(=O)c1ccc(CNC(C)C(=O)OC)o1. The fourth-order valence-corrected chi connectivity index (χ4v) is 1.88. The molecule has 102 valence electrons. The summed E-state index contributed by atoms with van der Waals surface area (Å²) >= 11 is 0. The van der Waals surface area contributed by atoms with Crippen LogP contribution in [0.2, 0.25) is 0 Å². The van der Waals surface area contributed by atoms with Crippen LogP contribution in [0, 0.1) is 0 Å². The van der Waals surface area contributed by atoms with E-state index in [4.69, 9.17) is 4.42 Å². The molecule has 0 aliphatic rings. The lowest BCUT2D eigenvalue weighted by Gasteiger charge is -2.09. The molecule has 1 heterocycles. The van der Waals surface area contributed by atoms with Crippen molar-refractivity contribution in [1.82, 2.24) is 10.0 Å². The van der Waals surface area contributed by atoms with Crippen molar-refractivity contribution in [1.29, 1.82) is 0 Å². The summed E-state index contributed by atoms with van der Waals surface area (Å²) in [7, 11) is -0.976. The number of ether oxygens (including phenoxy) is 1. The van der Waals surface area contributed by atoms with Gasteiger partial charge in [-0.15, -0.1) is 0 Å². The van der Waals surface area contributed by atoms with Crippen LogP contribution in [0.5, 0.6) is 0 Å². The third kappa shape index (κ3) is 3.56. The highest BCUT2D eigenvalue weighted by Crippen LogP contribution is 2.13. The van der Waals surface area contributed by atoms with Crippen LogP contribution in [0.3, 0.4) is 0 Å². The largest absolute Gasteiger partial charge is 0.468 e. The second-order valence-corrected chi connectivity index (χ2v) is 5.37. The van der Waals surface area contributed by atoms with Gasteiger partial charge in [0, 0.05) is 0 Å². The Labute approximate surface area is 106 Å². The first-order chi connectivity index (χ1) is 8.40. The van der Waals surface area contributed by atoms with Crippen LogP contribution in [-0.2, 0) is 26.1 Å². The van der Waals surface area contributed by atoms with E-state index in [2.05, 4.69) is 14.8 Å². The summed E-state index contributed by atoms with van der Waals surface area (Å²) in [4.78, 5) is 11.1. The Morgan fingerprint density at radius 1 is 1.50 bits per heavy atom. The van der Waals surface area contributed by atoms with E-state index in [0.717, 1.165) is 0 Å². The Kier molecular flexibility index (Phi) is 4.88. The minimum Gasteiger partial charge on any atom is -0.468 e. The molecule has 0 amide bonds. The van der Waals surface area contributed by atoms with E-state index >= 15 is 0 Å². The van der Waals surface area contributed by atoms with E-state index in [1.54, 1.807) is 6.92 Å². The predicted molar refractivity (Wildman–Crippen MR) is 63.3 cm³/mol. The highest BCUT2D eigenvalue weighted by atomic mass is 32.2. The van der Waals surface area contributed by atoms with Crippen LogP contribution in [0.1, 0.15) is 12.7 Å². The standard InChI is InChI=1S/C10H16N2O5S/c1-7(10(13)16-3)12-6-8-4-5-9(17-8)18(14,15)11-2/h4-5,7,11-12H,6H2,1-3H3. The van der Waals surface area contributed by atoms with Crippen LogP contribution in [0.25, 0.3) is 0 Å². The molecule has 0 fully saturated rings. The molecule has 2 N–H and O–H groups in total. The molecule has 1 aromatic rings. The van der Waals surface area contributed by atoms with E-state index < -0.39 is 22.0 Å². The summed E-state index contributed by atoms with van der Waals surface area (Å²) in [5.74, 6) is 0.0178. The van der Waals surface area contributed by atoms with Crippen LogP contribution in [-0.4, -0.2) is 34.6 Å². The van der Waals surface area contributed by atoms with Crippen molar-refractivity contribution in [3.05, 3.63) is 17.9 Å². The van der Waals surface area contributed by atoms with E-state index in [1.165, 1.54) is 26.3 Å². The molecular formula is C10H16N2O5S. The molecule has 0 bridgehead atoms. The number of methoxy groups -OCH3 is 1. The highest BCUT2D eigenvalue weighted by molar-refractivity contribution is 7.89. The molecule has 0 radical (unpaired) electrons. The molecule has 7 nitrogen and oxygen atoms in total. The van der Waals surface area contributed by atoms with Gasteiger partial charge in [0.15, 0.2) is 0 Å². The molecule has 0 aromatic carbocycles. The smallest absolute Gasteiger partial charge is 0.322 e. The fraction of sp³-hybridized carbons (Fsp3) is 0.500. The lowest BCUT2D eigenvalue weighted by atomic mass is 10.3. The molecule has 1 atom stereocenters. The maximum atomic E-state index is 11.4. The zero-order valence-corrected chi connectivity index (χ0v) is 11.2. The molecular weight excluding hydrogens is 260 g/mol. The number of hydrogen-bond donors (Lipinski definition) is 2. The molecule has 1 unspecified atom stereocenters. The first-order valence-electron chi connectivity index (χ1n) is 5.24.